The van der Waals surface area contributed by atoms with Crippen LogP contribution in [-0.4, -0.2) is 16.9 Å². The topological polar surface area (TPSA) is 54.4 Å². The van der Waals surface area contributed by atoms with E-state index in [2.05, 4.69) is 0 Å². The minimum atomic E-state index is -0.956. The van der Waals surface area contributed by atoms with Gasteiger partial charge in [0.05, 0.1) is 5.56 Å². The molecule has 0 aliphatic rings. The number of benzene rings is 2. The molecule has 3 heteroatoms. The van der Waals surface area contributed by atoms with Crippen molar-refractivity contribution in [1.29, 1.82) is 0 Å². The van der Waals surface area contributed by atoms with Crippen molar-refractivity contribution in [3.8, 4) is 11.1 Å². The number of Topliss-reactive ketones (excluding diaryl/α,β-unsaturated/α-hetero) is 1. The molecule has 0 saturated heterocycles. The molecule has 0 fully saturated rings. The van der Waals surface area contributed by atoms with Gasteiger partial charge in [-0.25, -0.2) is 4.79 Å². The zero-order valence-corrected chi connectivity index (χ0v) is 10.6. The second kappa shape index (κ2) is 5.48. The monoisotopic (exact) mass is 254 g/mol. The SMILES string of the molecule is CCC(=O)c1cccc(-c2cccc(C(=O)O)c2)c1. The summed E-state index contributed by atoms with van der Waals surface area (Å²) < 4.78 is 0. The molecule has 0 aliphatic heterocycles. The van der Waals surface area contributed by atoms with Gasteiger partial charge in [0.2, 0.25) is 0 Å². The number of aromatic carboxylic acids is 1. The van der Waals surface area contributed by atoms with Crippen molar-refractivity contribution in [2.75, 3.05) is 0 Å². The Morgan fingerprint density at radius 3 is 2.00 bits per heavy atom. The molecule has 0 saturated carbocycles. The minimum Gasteiger partial charge on any atom is -0.478 e. The number of hydrogen-bond donors (Lipinski definition) is 1. The molecule has 0 bridgehead atoms. The number of carboxylic acids is 1. The number of ketones is 1. The second-order valence-corrected chi connectivity index (χ2v) is 4.24. The molecular weight excluding hydrogens is 240 g/mol. The van der Waals surface area contributed by atoms with Crippen molar-refractivity contribution in [2.24, 2.45) is 0 Å². The highest BCUT2D eigenvalue weighted by atomic mass is 16.4. The highest BCUT2D eigenvalue weighted by Gasteiger charge is 2.07. The van der Waals surface area contributed by atoms with Crippen LogP contribution in [-0.2, 0) is 0 Å². The molecule has 0 unspecified atom stereocenters. The highest BCUT2D eigenvalue weighted by molar-refractivity contribution is 5.97. The summed E-state index contributed by atoms with van der Waals surface area (Å²) in [7, 11) is 0. The third-order valence-corrected chi connectivity index (χ3v) is 2.95. The Bertz CT molecular complexity index is 629. The molecule has 2 aromatic carbocycles. The first-order chi connectivity index (χ1) is 9.11. The number of carbonyl (C=O) groups is 2. The Labute approximate surface area is 111 Å². The maximum Gasteiger partial charge on any atom is 0.335 e. The summed E-state index contributed by atoms with van der Waals surface area (Å²) in [6, 6.07) is 13.9. The molecule has 96 valence electrons. The lowest BCUT2D eigenvalue weighted by atomic mass is 9.99. The third-order valence-electron chi connectivity index (χ3n) is 2.95. The van der Waals surface area contributed by atoms with Gasteiger partial charge < -0.3 is 5.11 Å². The lowest BCUT2D eigenvalue weighted by Crippen LogP contribution is -1.97. The van der Waals surface area contributed by atoms with Gasteiger partial charge in [-0.05, 0) is 29.3 Å². The molecule has 3 nitrogen and oxygen atoms in total. The van der Waals surface area contributed by atoms with Crippen molar-refractivity contribution < 1.29 is 14.7 Å². The quantitative estimate of drug-likeness (QED) is 0.847. The van der Waals surface area contributed by atoms with Crippen molar-refractivity contribution in [3.05, 3.63) is 59.7 Å². The summed E-state index contributed by atoms with van der Waals surface area (Å²) in [6.07, 6.45) is 0.457. The summed E-state index contributed by atoms with van der Waals surface area (Å²) in [5.41, 5.74) is 2.54. The molecule has 2 aromatic rings. The van der Waals surface area contributed by atoms with E-state index in [0.717, 1.165) is 11.1 Å². The Morgan fingerprint density at radius 1 is 0.947 bits per heavy atom. The van der Waals surface area contributed by atoms with Gasteiger partial charge in [-0.15, -0.1) is 0 Å². The van der Waals surface area contributed by atoms with Crippen LogP contribution in [0.5, 0.6) is 0 Å². The van der Waals surface area contributed by atoms with Crippen LogP contribution in [0.25, 0.3) is 11.1 Å². The highest BCUT2D eigenvalue weighted by Crippen LogP contribution is 2.22. The molecule has 0 heterocycles. The van der Waals surface area contributed by atoms with E-state index in [1.807, 2.05) is 25.1 Å². The van der Waals surface area contributed by atoms with Crippen LogP contribution >= 0.6 is 0 Å². The smallest absolute Gasteiger partial charge is 0.335 e. The van der Waals surface area contributed by atoms with Crippen LogP contribution in [0.15, 0.2) is 48.5 Å². The summed E-state index contributed by atoms with van der Waals surface area (Å²) in [4.78, 5) is 22.6. The first-order valence-electron chi connectivity index (χ1n) is 6.09. The van der Waals surface area contributed by atoms with E-state index in [9.17, 15) is 9.59 Å². The summed E-state index contributed by atoms with van der Waals surface area (Å²) in [5.74, 6) is -0.876. The van der Waals surface area contributed by atoms with E-state index in [1.165, 1.54) is 0 Å². The molecule has 0 spiro atoms. The van der Waals surface area contributed by atoms with Crippen molar-refractivity contribution in [2.45, 2.75) is 13.3 Å². The summed E-state index contributed by atoms with van der Waals surface area (Å²) in [5, 5.41) is 8.98. The van der Waals surface area contributed by atoms with E-state index in [0.29, 0.717) is 12.0 Å². The zero-order valence-electron chi connectivity index (χ0n) is 10.6. The van der Waals surface area contributed by atoms with Gasteiger partial charge in [0, 0.05) is 12.0 Å². The Morgan fingerprint density at radius 2 is 1.47 bits per heavy atom. The van der Waals surface area contributed by atoms with Crippen LogP contribution in [0.3, 0.4) is 0 Å². The fourth-order valence-corrected chi connectivity index (χ4v) is 1.91. The summed E-state index contributed by atoms with van der Waals surface area (Å²) in [6.45, 7) is 1.82. The largest absolute Gasteiger partial charge is 0.478 e. The van der Waals surface area contributed by atoms with E-state index in [-0.39, 0.29) is 11.3 Å². The van der Waals surface area contributed by atoms with E-state index >= 15 is 0 Å². The number of rotatable bonds is 4. The number of carbonyl (C=O) groups excluding carboxylic acids is 1. The lowest BCUT2D eigenvalue weighted by Gasteiger charge is -2.05. The van der Waals surface area contributed by atoms with Gasteiger partial charge >= 0.3 is 5.97 Å². The van der Waals surface area contributed by atoms with Gasteiger partial charge in [0.15, 0.2) is 5.78 Å². The standard InChI is InChI=1S/C16H14O3/c1-2-15(17)13-7-3-5-11(9-13)12-6-4-8-14(10-12)16(18)19/h3-10H,2H2,1H3,(H,18,19). The molecule has 1 N–H and O–H groups in total. The third kappa shape index (κ3) is 2.88. The minimum absolute atomic E-state index is 0.0799. The lowest BCUT2D eigenvalue weighted by molar-refractivity contribution is 0.0696. The number of carboxylic acid groups (broad SMARTS) is 1. The van der Waals surface area contributed by atoms with E-state index < -0.39 is 5.97 Å². The van der Waals surface area contributed by atoms with Crippen molar-refractivity contribution in [1.82, 2.24) is 0 Å². The molecule has 0 atom stereocenters. The Hall–Kier alpha value is -2.42. The fraction of sp³-hybridized carbons (Fsp3) is 0.125. The maximum absolute atomic E-state index is 11.7. The molecule has 0 amide bonds. The van der Waals surface area contributed by atoms with Crippen molar-refractivity contribution >= 4 is 11.8 Å². The molecule has 19 heavy (non-hydrogen) atoms. The van der Waals surface area contributed by atoms with Gasteiger partial charge in [-0.3, -0.25) is 4.79 Å². The molecule has 0 aliphatic carbocycles. The molecule has 0 radical (unpaired) electrons. The Balaban J connectivity index is 2.44. The Kier molecular flexibility index (Phi) is 3.76. The zero-order chi connectivity index (χ0) is 13.8. The predicted molar refractivity (Wildman–Crippen MR) is 73.5 cm³/mol. The van der Waals surface area contributed by atoms with Crippen LogP contribution in [0.4, 0.5) is 0 Å². The van der Waals surface area contributed by atoms with E-state index in [4.69, 9.17) is 5.11 Å². The fourth-order valence-electron chi connectivity index (χ4n) is 1.91. The average Bonchev–Trinajstić information content (AvgIpc) is 2.46. The first kappa shape index (κ1) is 13.0. The molecule has 2 rings (SSSR count). The second-order valence-electron chi connectivity index (χ2n) is 4.24. The van der Waals surface area contributed by atoms with Gasteiger partial charge in [0.1, 0.15) is 0 Å². The van der Waals surface area contributed by atoms with Crippen LogP contribution in [0.1, 0.15) is 34.1 Å². The maximum atomic E-state index is 11.7. The normalized spacial score (nSPS) is 10.2. The van der Waals surface area contributed by atoms with Crippen LogP contribution in [0, 0.1) is 0 Å². The van der Waals surface area contributed by atoms with Crippen LogP contribution < -0.4 is 0 Å². The van der Waals surface area contributed by atoms with Gasteiger partial charge in [-0.1, -0.05) is 37.3 Å². The van der Waals surface area contributed by atoms with Crippen LogP contribution in [0.2, 0.25) is 0 Å². The molecular formula is C16H14O3. The van der Waals surface area contributed by atoms with Gasteiger partial charge in [-0.2, -0.15) is 0 Å². The predicted octanol–water partition coefficient (Wildman–Crippen LogP) is 3.64. The average molecular weight is 254 g/mol. The summed E-state index contributed by atoms with van der Waals surface area (Å²) >= 11 is 0. The van der Waals surface area contributed by atoms with E-state index in [1.54, 1.807) is 30.3 Å². The number of hydrogen-bond acceptors (Lipinski definition) is 2. The van der Waals surface area contributed by atoms with Crippen molar-refractivity contribution in [3.63, 3.8) is 0 Å². The molecule has 0 aromatic heterocycles. The van der Waals surface area contributed by atoms with Gasteiger partial charge in [0.25, 0.3) is 0 Å². The first-order valence-corrected chi connectivity index (χ1v) is 6.09.